The van der Waals surface area contributed by atoms with Crippen LogP contribution in [0.5, 0.6) is 0 Å². The van der Waals surface area contributed by atoms with Crippen molar-refractivity contribution < 1.29 is 21.1 Å². The summed E-state index contributed by atoms with van der Waals surface area (Å²) in [6, 6.07) is 9.90. The molecule has 15 heavy (non-hydrogen) atoms. The predicted octanol–water partition coefficient (Wildman–Crippen LogP) is 2.39. The molecule has 1 N–H and O–H groups in total. The fraction of sp³-hybridized carbons (Fsp3) is 0. The van der Waals surface area contributed by atoms with Gasteiger partial charge in [0.2, 0.25) is 0 Å². The van der Waals surface area contributed by atoms with Crippen LogP contribution in [0.25, 0.3) is 11.0 Å². The Morgan fingerprint density at radius 1 is 1.27 bits per heavy atom. The molecule has 0 unspecified atom stereocenters. The van der Waals surface area contributed by atoms with E-state index in [1.165, 1.54) is 0 Å². The van der Waals surface area contributed by atoms with E-state index in [-0.39, 0.29) is 0 Å². The number of halogens is 1. The lowest BCUT2D eigenvalue weighted by Crippen LogP contribution is -1.92. The average Bonchev–Trinajstić information content (AvgIpc) is 2.65. The lowest BCUT2D eigenvalue weighted by molar-refractivity contribution is 0.400. The normalized spacial score (nSPS) is 10.8. The topological polar surface area (TPSA) is 76.7 Å². The highest BCUT2D eigenvalue weighted by Crippen LogP contribution is 2.12. The molecule has 2 rings (SSSR count). The average molecular weight is 251 g/mol. The first kappa shape index (κ1) is 12.0. The van der Waals surface area contributed by atoms with Gasteiger partial charge in [-0.15, -0.1) is 3.74 Å². The van der Waals surface area contributed by atoms with Crippen molar-refractivity contribution in [2.45, 2.75) is 0 Å². The van der Waals surface area contributed by atoms with E-state index in [1.54, 1.807) is 6.26 Å². The maximum Gasteiger partial charge on any atom is 0.413 e. The highest BCUT2D eigenvalue weighted by Gasteiger charge is 1.97. The number of hydrogen-bond donors (Lipinski definition) is 1. The molecule has 0 spiro atoms. The third kappa shape index (κ3) is 4.30. The number of hydrogen-bond acceptors (Lipinski definition) is 4. The summed E-state index contributed by atoms with van der Waals surface area (Å²) >= 11 is 4.14. The van der Waals surface area contributed by atoms with Crippen LogP contribution in [0.15, 0.2) is 41.0 Å². The summed E-state index contributed by atoms with van der Waals surface area (Å²) in [5.74, 6) is 0. The van der Waals surface area contributed by atoms with Crippen molar-refractivity contribution in [2.75, 3.05) is 0 Å². The number of fused-ring (bicyclic) bond motifs is 1. The van der Waals surface area contributed by atoms with Gasteiger partial charge >= 0.3 is 10.4 Å². The fourth-order valence-electron chi connectivity index (χ4n) is 0.906. The smallest absolute Gasteiger partial charge is 0.413 e. The highest BCUT2D eigenvalue weighted by atomic mass is 35.5. The van der Waals surface area contributed by atoms with Crippen LogP contribution in [-0.2, 0) is 14.1 Å². The molecule has 1 aromatic carbocycles. The molecule has 0 atom stereocenters. The molecule has 0 saturated carbocycles. The largest absolute Gasteiger partial charge is 0.464 e. The molecule has 0 saturated heterocycles. The third-order valence-corrected chi connectivity index (χ3v) is 2.08. The van der Waals surface area contributed by atoms with E-state index in [2.05, 4.69) is 15.6 Å². The molecule has 82 valence electrons. The summed E-state index contributed by atoms with van der Waals surface area (Å²) in [7, 11) is -4.40. The summed E-state index contributed by atoms with van der Waals surface area (Å²) in [6.45, 7) is 0. The molecule has 0 aliphatic rings. The summed E-state index contributed by atoms with van der Waals surface area (Å²) in [6.07, 6.45) is 1.70. The van der Waals surface area contributed by atoms with Crippen LogP contribution in [-0.4, -0.2) is 13.0 Å². The molecule has 0 aliphatic carbocycles. The van der Waals surface area contributed by atoms with Crippen molar-refractivity contribution in [1.29, 1.82) is 0 Å². The van der Waals surface area contributed by atoms with Gasteiger partial charge in [-0.25, -0.2) is 0 Å². The molecule has 0 bridgehead atoms. The van der Waals surface area contributed by atoms with Gasteiger partial charge < -0.3 is 4.42 Å². The molecule has 1 aromatic heterocycles. The molecular formula is C8H7ClO5S. The number of benzene rings is 1. The maximum absolute atomic E-state index is 9.20. The van der Waals surface area contributed by atoms with Crippen LogP contribution >= 0.6 is 11.9 Å². The second kappa shape index (κ2) is 5.13. The zero-order valence-corrected chi connectivity index (χ0v) is 8.90. The Labute approximate surface area is 91.3 Å². The highest BCUT2D eigenvalue weighted by molar-refractivity contribution is 7.81. The fourth-order valence-corrected chi connectivity index (χ4v) is 0.906. The van der Waals surface area contributed by atoms with Gasteiger partial charge in [-0.3, -0.25) is 4.55 Å². The molecule has 1 heterocycles. The van der Waals surface area contributed by atoms with Gasteiger partial charge in [0.05, 0.1) is 18.1 Å². The van der Waals surface area contributed by atoms with E-state index in [9.17, 15) is 8.42 Å². The molecule has 5 nitrogen and oxygen atoms in total. The minimum absolute atomic E-state index is 0.956. The summed E-state index contributed by atoms with van der Waals surface area (Å²) in [4.78, 5) is 0. The van der Waals surface area contributed by atoms with Crippen LogP contribution in [0.3, 0.4) is 0 Å². The van der Waals surface area contributed by atoms with Crippen molar-refractivity contribution in [3.05, 3.63) is 36.6 Å². The first-order valence-electron chi connectivity index (χ1n) is 3.73. The van der Waals surface area contributed by atoms with Crippen molar-refractivity contribution in [3.63, 3.8) is 0 Å². The number of furan rings is 1. The Morgan fingerprint density at radius 2 is 1.87 bits per heavy atom. The van der Waals surface area contributed by atoms with E-state index in [4.69, 9.17) is 8.97 Å². The van der Waals surface area contributed by atoms with Gasteiger partial charge in [0.15, 0.2) is 0 Å². The van der Waals surface area contributed by atoms with Crippen molar-refractivity contribution in [1.82, 2.24) is 0 Å². The second-order valence-corrected chi connectivity index (χ2v) is 3.81. The van der Waals surface area contributed by atoms with Gasteiger partial charge in [-0.2, -0.15) is 8.42 Å². The van der Waals surface area contributed by atoms with E-state index < -0.39 is 10.4 Å². The minimum Gasteiger partial charge on any atom is -0.464 e. The molecule has 7 heteroatoms. The zero-order valence-electron chi connectivity index (χ0n) is 7.33. The van der Waals surface area contributed by atoms with Crippen LogP contribution in [0, 0.1) is 0 Å². The van der Waals surface area contributed by atoms with Crippen LogP contribution in [0.2, 0.25) is 0 Å². The lowest BCUT2D eigenvalue weighted by atomic mass is 10.3. The first-order chi connectivity index (χ1) is 7.03. The minimum atomic E-state index is -4.40. The molecule has 0 fully saturated rings. The molecule has 2 aromatic rings. The standard InChI is InChI=1S/C8H6O.ClHO4S/c1-2-4-8-7(3-1)5-6-9-8;1-5-6(2,3)4/h1-6H;(H,2,3,4). The van der Waals surface area contributed by atoms with Gasteiger partial charge in [0.1, 0.15) is 5.58 Å². The third-order valence-electron chi connectivity index (χ3n) is 1.44. The molecule has 0 amide bonds. The molecule has 0 radical (unpaired) electrons. The van der Waals surface area contributed by atoms with Gasteiger partial charge in [-0.05, 0) is 12.1 Å². The van der Waals surface area contributed by atoms with Crippen molar-refractivity contribution in [2.24, 2.45) is 0 Å². The number of rotatable bonds is 1. The zero-order chi connectivity index (χ0) is 11.3. The molecular weight excluding hydrogens is 244 g/mol. The Hall–Kier alpha value is -1.08. The Morgan fingerprint density at radius 3 is 2.40 bits per heavy atom. The first-order valence-corrected chi connectivity index (χ1v) is 5.40. The van der Waals surface area contributed by atoms with Crippen molar-refractivity contribution in [3.8, 4) is 0 Å². The summed E-state index contributed by atoms with van der Waals surface area (Å²) in [5.41, 5.74) is 0.956. The van der Waals surface area contributed by atoms with Gasteiger partial charge in [0, 0.05) is 5.39 Å². The second-order valence-electron chi connectivity index (χ2n) is 2.45. The summed E-state index contributed by atoms with van der Waals surface area (Å²) in [5, 5.41) is 1.16. The maximum atomic E-state index is 9.20. The summed E-state index contributed by atoms with van der Waals surface area (Å²) < 4.78 is 33.9. The Bertz CT molecular complexity index is 488. The van der Waals surface area contributed by atoms with Gasteiger partial charge in [-0.1, -0.05) is 18.2 Å². The monoisotopic (exact) mass is 250 g/mol. The Kier molecular flexibility index (Phi) is 4.10. The lowest BCUT2D eigenvalue weighted by Gasteiger charge is -1.81. The van der Waals surface area contributed by atoms with Gasteiger partial charge in [0.25, 0.3) is 0 Å². The van der Waals surface area contributed by atoms with Crippen LogP contribution in [0.4, 0.5) is 0 Å². The van der Waals surface area contributed by atoms with E-state index >= 15 is 0 Å². The SMILES string of the molecule is O=S(=O)(O)OCl.c1ccc2occc2c1. The van der Waals surface area contributed by atoms with E-state index in [1.807, 2.05) is 30.3 Å². The quantitative estimate of drug-likeness (QED) is 0.787. The van der Waals surface area contributed by atoms with Crippen molar-refractivity contribution >= 4 is 33.2 Å². The van der Waals surface area contributed by atoms with E-state index in [0.717, 1.165) is 11.0 Å². The Balaban J connectivity index is 0.000000167. The van der Waals surface area contributed by atoms with E-state index in [0.29, 0.717) is 0 Å². The van der Waals surface area contributed by atoms with Crippen LogP contribution < -0.4 is 0 Å². The predicted molar refractivity (Wildman–Crippen MR) is 54.7 cm³/mol. The van der Waals surface area contributed by atoms with Crippen LogP contribution in [0.1, 0.15) is 0 Å². The number of para-hydroxylation sites is 1. The molecule has 0 aliphatic heterocycles.